The van der Waals surface area contributed by atoms with Gasteiger partial charge in [0, 0.05) is 13.1 Å². The number of aromatic amines is 1. The van der Waals surface area contributed by atoms with Crippen LogP contribution in [0, 0.1) is 0 Å². The van der Waals surface area contributed by atoms with E-state index in [0.717, 1.165) is 0 Å². The van der Waals surface area contributed by atoms with E-state index >= 15 is 0 Å². The van der Waals surface area contributed by atoms with Gasteiger partial charge in [-0.1, -0.05) is 12.1 Å². The molecular weight excluding hydrogens is 446 g/mol. The van der Waals surface area contributed by atoms with Gasteiger partial charge in [-0.05, 0) is 57.2 Å². The van der Waals surface area contributed by atoms with Gasteiger partial charge in [0.1, 0.15) is 0 Å². The number of morpholine rings is 1. The third kappa shape index (κ3) is 4.82. The molecule has 1 fully saturated rings. The molecule has 0 bridgehead atoms. The number of para-hydroxylation sites is 1. The van der Waals surface area contributed by atoms with Crippen molar-refractivity contribution in [2.75, 3.05) is 13.1 Å². The van der Waals surface area contributed by atoms with E-state index in [-0.39, 0.29) is 47.1 Å². The Morgan fingerprint density at radius 3 is 2.42 bits per heavy atom. The Kier molecular flexibility index (Phi) is 6.33. The topological polar surface area (TPSA) is 119 Å². The highest BCUT2D eigenvalue weighted by Gasteiger charge is 2.32. The molecule has 33 heavy (non-hydrogen) atoms. The summed E-state index contributed by atoms with van der Waals surface area (Å²) in [7, 11) is -3.71. The summed E-state index contributed by atoms with van der Waals surface area (Å²) in [5, 5.41) is 0.445. The molecule has 2 aromatic carbocycles. The number of aromatic nitrogens is 2. The molecule has 0 amide bonds. The van der Waals surface area contributed by atoms with Crippen LogP contribution in [0.3, 0.4) is 0 Å². The maximum Gasteiger partial charge on any atom is 0.338 e. The van der Waals surface area contributed by atoms with E-state index in [9.17, 15) is 18.0 Å². The van der Waals surface area contributed by atoms with Crippen molar-refractivity contribution in [1.82, 2.24) is 14.3 Å². The molecule has 10 heteroatoms. The predicted octanol–water partition coefficient (Wildman–Crippen LogP) is 2.64. The average Bonchev–Trinajstić information content (AvgIpc) is 2.78. The van der Waals surface area contributed by atoms with Crippen LogP contribution in [0.4, 0.5) is 0 Å². The standard InChI is InChI=1S/C23H25N3O6S/c1-14-12-26(13-15(2)31-14)33(29,30)18-10-8-17(9-11-18)23(28)32-16(3)21-24-20-7-5-4-6-19(20)22(27)25-21/h4-11,14-16H,12-13H2,1-3H3,(H,24,25,27)/t14-,15+,16-/m1/s1. The van der Waals surface area contributed by atoms with Gasteiger partial charge in [-0.2, -0.15) is 4.31 Å². The number of sulfonamides is 1. The fourth-order valence-electron chi connectivity index (χ4n) is 3.82. The zero-order chi connectivity index (χ0) is 23.8. The summed E-state index contributed by atoms with van der Waals surface area (Å²) < 4.78 is 38.4. The Labute approximate surface area is 191 Å². The molecule has 2 heterocycles. The van der Waals surface area contributed by atoms with Crippen molar-refractivity contribution in [2.45, 2.75) is 44.0 Å². The SMILES string of the molecule is C[C@@H]1CN(S(=O)(=O)c2ccc(C(=O)O[C@H](C)c3nc4ccccc4c(=O)[nH]3)cc2)C[C@H](C)O1. The Hall–Kier alpha value is -3.08. The summed E-state index contributed by atoms with van der Waals surface area (Å²) in [5.41, 5.74) is 0.368. The molecule has 9 nitrogen and oxygen atoms in total. The lowest BCUT2D eigenvalue weighted by atomic mass is 10.2. The van der Waals surface area contributed by atoms with E-state index in [1.165, 1.54) is 28.6 Å². The summed E-state index contributed by atoms with van der Waals surface area (Å²) in [6.07, 6.45) is -1.21. The minimum Gasteiger partial charge on any atom is -0.451 e. The summed E-state index contributed by atoms with van der Waals surface area (Å²) in [6, 6.07) is 12.5. The largest absolute Gasteiger partial charge is 0.451 e. The van der Waals surface area contributed by atoms with Gasteiger partial charge in [-0.25, -0.2) is 18.2 Å². The fraction of sp³-hybridized carbons (Fsp3) is 0.348. The van der Waals surface area contributed by atoms with Gasteiger partial charge in [0.15, 0.2) is 11.9 Å². The van der Waals surface area contributed by atoms with Crippen LogP contribution in [0.1, 0.15) is 43.1 Å². The third-order valence-corrected chi connectivity index (χ3v) is 7.26. The van der Waals surface area contributed by atoms with Crippen molar-refractivity contribution < 1.29 is 22.7 Å². The van der Waals surface area contributed by atoms with Gasteiger partial charge in [-0.3, -0.25) is 4.79 Å². The number of ether oxygens (including phenoxy) is 2. The highest BCUT2D eigenvalue weighted by atomic mass is 32.2. The first-order valence-electron chi connectivity index (χ1n) is 10.6. The molecule has 0 saturated carbocycles. The lowest BCUT2D eigenvalue weighted by Gasteiger charge is -2.34. The summed E-state index contributed by atoms with van der Waals surface area (Å²) >= 11 is 0. The first kappa shape index (κ1) is 23.1. The molecule has 174 valence electrons. The number of carbonyl (C=O) groups is 1. The summed E-state index contributed by atoms with van der Waals surface area (Å²) in [6.45, 7) is 5.80. The molecule has 3 atom stereocenters. The van der Waals surface area contributed by atoms with Crippen LogP contribution >= 0.6 is 0 Å². The Morgan fingerprint density at radius 2 is 1.76 bits per heavy atom. The fourth-order valence-corrected chi connectivity index (χ4v) is 5.41. The number of benzene rings is 2. The van der Waals surface area contributed by atoms with E-state index in [1.807, 2.05) is 13.8 Å². The molecular formula is C23H25N3O6S. The Balaban J connectivity index is 1.49. The minimum atomic E-state index is -3.71. The number of nitrogens with zero attached hydrogens (tertiary/aromatic N) is 2. The van der Waals surface area contributed by atoms with Crippen LogP contribution < -0.4 is 5.56 Å². The quantitative estimate of drug-likeness (QED) is 0.568. The maximum absolute atomic E-state index is 13.0. The van der Waals surface area contributed by atoms with Crippen molar-refractivity contribution >= 4 is 26.9 Å². The van der Waals surface area contributed by atoms with Crippen LogP contribution in [0.15, 0.2) is 58.2 Å². The van der Waals surface area contributed by atoms with Gasteiger partial charge in [0.2, 0.25) is 10.0 Å². The predicted molar refractivity (Wildman–Crippen MR) is 121 cm³/mol. The van der Waals surface area contributed by atoms with Crippen molar-refractivity contribution in [3.63, 3.8) is 0 Å². The number of hydrogen-bond acceptors (Lipinski definition) is 7. The van der Waals surface area contributed by atoms with Gasteiger partial charge < -0.3 is 14.5 Å². The molecule has 1 N–H and O–H groups in total. The van der Waals surface area contributed by atoms with E-state index in [2.05, 4.69) is 9.97 Å². The maximum atomic E-state index is 13.0. The number of carbonyl (C=O) groups excluding carboxylic acids is 1. The smallest absolute Gasteiger partial charge is 0.338 e. The van der Waals surface area contributed by atoms with Gasteiger partial charge in [-0.15, -0.1) is 0 Å². The van der Waals surface area contributed by atoms with Crippen LogP contribution in [-0.2, 0) is 19.5 Å². The lowest BCUT2D eigenvalue weighted by molar-refractivity contribution is -0.0440. The van der Waals surface area contributed by atoms with E-state index in [1.54, 1.807) is 31.2 Å². The second-order valence-corrected chi connectivity index (χ2v) is 10.1. The Morgan fingerprint density at radius 1 is 1.12 bits per heavy atom. The van der Waals surface area contributed by atoms with Crippen LogP contribution in [0.5, 0.6) is 0 Å². The number of fused-ring (bicyclic) bond motifs is 1. The molecule has 3 aromatic rings. The highest BCUT2D eigenvalue weighted by molar-refractivity contribution is 7.89. The number of rotatable bonds is 5. The minimum absolute atomic E-state index is 0.0916. The molecule has 1 aliphatic rings. The molecule has 1 saturated heterocycles. The van der Waals surface area contributed by atoms with Crippen LogP contribution in [0.25, 0.3) is 10.9 Å². The molecule has 0 spiro atoms. The lowest BCUT2D eigenvalue weighted by Crippen LogP contribution is -2.48. The summed E-state index contributed by atoms with van der Waals surface area (Å²) in [4.78, 5) is 32.0. The van der Waals surface area contributed by atoms with Gasteiger partial charge >= 0.3 is 5.97 Å². The van der Waals surface area contributed by atoms with Gasteiger partial charge in [0.05, 0.1) is 33.6 Å². The summed E-state index contributed by atoms with van der Waals surface area (Å²) in [5.74, 6) is -0.433. The molecule has 0 unspecified atom stereocenters. The first-order chi connectivity index (χ1) is 15.6. The second-order valence-electron chi connectivity index (χ2n) is 8.12. The number of nitrogens with one attached hydrogen (secondary N) is 1. The van der Waals surface area contributed by atoms with Crippen molar-refractivity contribution in [2.24, 2.45) is 0 Å². The monoisotopic (exact) mass is 471 g/mol. The second kappa shape index (κ2) is 9.05. The average molecular weight is 472 g/mol. The molecule has 1 aromatic heterocycles. The molecule has 4 rings (SSSR count). The van der Waals surface area contributed by atoms with Crippen molar-refractivity contribution in [1.29, 1.82) is 0 Å². The first-order valence-corrected chi connectivity index (χ1v) is 12.0. The van der Waals surface area contributed by atoms with Crippen molar-refractivity contribution in [3.8, 4) is 0 Å². The Bertz CT molecular complexity index is 1330. The van der Waals surface area contributed by atoms with Crippen LogP contribution in [-0.4, -0.2) is 54.0 Å². The van der Waals surface area contributed by atoms with Crippen molar-refractivity contribution in [3.05, 3.63) is 70.3 Å². The zero-order valence-corrected chi connectivity index (χ0v) is 19.3. The normalized spacial score (nSPS) is 20.5. The molecule has 0 aliphatic carbocycles. The zero-order valence-electron chi connectivity index (χ0n) is 18.5. The van der Waals surface area contributed by atoms with E-state index in [0.29, 0.717) is 10.9 Å². The van der Waals surface area contributed by atoms with Crippen LogP contribution in [0.2, 0.25) is 0 Å². The third-order valence-electron chi connectivity index (χ3n) is 5.41. The number of hydrogen-bond donors (Lipinski definition) is 1. The van der Waals surface area contributed by atoms with E-state index < -0.39 is 22.1 Å². The van der Waals surface area contributed by atoms with E-state index in [4.69, 9.17) is 9.47 Å². The molecule has 0 radical (unpaired) electrons. The number of esters is 1. The van der Waals surface area contributed by atoms with Gasteiger partial charge in [0.25, 0.3) is 5.56 Å². The number of H-pyrrole nitrogens is 1. The molecule has 1 aliphatic heterocycles. The highest BCUT2D eigenvalue weighted by Crippen LogP contribution is 2.22.